The summed E-state index contributed by atoms with van der Waals surface area (Å²) in [5, 5.41) is 8.89. The molecular formula is C44H54N2O14S4. The zero-order valence-electron chi connectivity index (χ0n) is 36.2. The smallest absolute Gasteiger partial charge is 0.344 e. The first-order valence-corrected chi connectivity index (χ1v) is 27.2. The van der Waals surface area contributed by atoms with Crippen LogP contribution in [0.4, 0.5) is 0 Å². The molecule has 4 aromatic carbocycles. The van der Waals surface area contributed by atoms with Gasteiger partial charge in [0.1, 0.15) is 17.1 Å². The van der Waals surface area contributed by atoms with Crippen molar-refractivity contribution in [1.29, 1.82) is 0 Å². The quantitative estimate of drug-likeness (QED) is 0.0992. The van der Waals surface area contributed by atoms with Gasteiger partial charge < -0.3 is 19.3 Å². The lowest BCUT2D eigenvalue weighted by Gasteiger charge is -2.22. The minimum absolute atomic E-state index is 0.0607. The van der Waals surface area contributed by atoms with Crippen molar-refractivity contribution >= 4 is 51.7 Å². The number of esters is 1. The topological polar surface area (TPSA) is 243 Å². The lowest BCUT2D eigenvalue weighted by atomic mass is 9.99. The van der Waals surface area contributed by atoms with Crippen molar-refractivity contribution in [3.63, 3.8) is 0 Å². The average molecular weight is 963 g/mol. The molecule has 3 N–H and O–H groups in total. The molecule has 0 saturated heterocycles. The molecule has 0 radical (unpaired) electrons. The molecule has 348 valence electrons. The van der Waals surface area contributed by atoms with Crippen LogP contribution in [-0.4, -0.2) is 82.0 Å². The number of hydrogen-bond donors (Lipinski definition) is 3. The number of sulfone groups is 2. The monoisotopic (exact) mass is 962 g/mol. The largest absolute Gasteiger partial charge is 0.482 e. The first-order valence-electron chi connectivity index (χ1n) is 20.4. The highest BCUT2D eigenvalue weighted by Gasteiger charge is 2.29. The van der Waals surface area contributed by atoms with Crippen LogP contribution in [0.3, 0.4) is 0 Å². The van der Waals surface area contributed by atoms with Crippen LogP contribution in [-0.2, 0) is 66.9 Å². The van der Waals surface area contributed by atoms with Crippen molar-refractivity contribution in [2.24, 2.45) is 0 Å². The average Bonchev–Trinajstić information content (AvgIpc) is 3.54. The van der Waals surface area contributed by atoms with Gasteiger partial charge in [-0.2, -0.15) is 0 Å². The Kier molecular flexibility index (Phi) is 16.1. The number of rotatable bonds is 14. The van der Waals surface area contributed by atoms with Crippen molar-refractivity contribution in [1.82, 2.24) is 9.44 Å². The Hall–Kier alpha value is -4.86. The van der Waals surface area contributed by atoms with E-state index in [-0.39, 0.29) is 26.2 Å². The molecule has 2 aliphatic carbocycles. The van der Waals surface area contributed by atoms with E-state index in [1.165, 1.54) is 36.4 Å². The van der Waals surface area contributed by atoms with Gasteiger partial charge >= 0.3 is 11.9 Å². The van der Waals surface area contributed by atoms with Crippen molar-refractivity contribution in [3.8, 4) is 11.5 Å². The fourth-order valence-electron chi connectivity index (χ4n) is 7.38. The second-order valence-corrected chi connectivity index (χ2v) is 24.0. The summed E-state index contributed by atoms with van der Waals surface area (Å²) in [7, 11) is -15.1. The molecule has 2 aliphatic rings. The van der Waals surface area contributed by atoms with Crippen LogP contribution in [0.2, 0.25) is 0 Å². The Labute approximate surface area is 375 Å². The van der Waals surface area contributed by atoms with Gasteiger partial charge in [-0.05, 0) is 130 Å². The number of hydrogen-bond acceptors (Lipinski definition) is 13. The molecule has 0 heterocycles. The highest BCUT2D eigenvalue weighted by Crippen LogP contribution is 2.37. The van der Waals surface area contributed by atoms with Gasteiger partial charge in [-0.1, -0.05) is 49.2 Å². The maximum absolute atomic E-state index is 13.1. The summed E-state index contributed by atoms with van der Waals surface area (Å²) in [6.45, 7) is 4.61. The summed E-state index contributed by atoms with van der Waals surface area (Å²) in [6.07, 6.45) is 7.71. The van der Waals surface area contributed by atoms with Crippen LogP contribution >= 0.6 is 0 Å². The van der Waals surface area contributed by atoms with Crippen LogP contribution in [0.5, 0.6) is 11.5 Å². The van der Waals surface area contributed by atoms with Gasteiger partial charge in [0.2, 0.25) is 20.0 Å². The minimum Gasteiger partial charge on any atom is -0.482 e. The fourth-order valence-corrected chi connectivity index (χ4v) is 11.5. The number of fused-ring (bicyclic) bond motifs is 2. The number of ether oxygens (including phenoxy) is 3. The minimum atomic E-state index is -3.99. The molecule has 6 rings (SSSR count). The molecule has 0 aromatic heterocycles. The number of sulfonamides is 2. The molecule has 0 fully saturated rings. The fraction of sp³-hybridized carbons (Fsp3) is 0.409. The number of carbonyl (C=O) groups is 2. The molecule has 0 saturated carbocycles. The first kappa shape index (κ1) is 50.1. The predicted octanol–water partition coefficient (Wildman–Crippen LogP) is 5.86. The highest BCUT2D eigenvalue weighted by molar-refractivity contribution is 7.91. The lowest BCUT2D eigenvalue weighted by Crippen LogP contribution is -2.29. The molecular weight excluding hydrogens is 909 g/mol. The van der Waals surface area contributed by atoms with Crippen molar-refractivity contribution in [2.45, 2.75) is 109 Å². The van der Waals surface area contributed by atoms with E-state index in [0.717, 1.165) is 72.6 Å². The number of carboxylic acid groups (broad SMARTS) is 1. The number of benzene rings is 4. The zero-order valence-corrected chi connectivity index (χ0v) is 39.5. The summed E-state index contributed by atoms with van der Waals surface area (Å²) in [6, 6.07) is 20.0. The van der Waals surface area contributed by atoms with Crippen molar-refractivity contribution < 1.29 is 62.6 Å². The molecule has 0 amide bonds. The van der Waals surface area contributed by atoms with Crippen molar-refractivity contribution in [3.05, 3.63) is 107 Å². The van der Waals surface area contributed by atoms with Gasteiger partial charge in [0.25, 0.3) is 0 Å². The number of carbonyl (C=O) groups excluding carboxylic acids is 1. The zero-order chi connectivity index (χ0) is 47.1. The number of carboxylic acids is 1. The molecule has 2 atom stereocenters. The summed E-state index contributed by atoms with van der Waals surface area (Å²) >= 11 is 0. The molecule has 4 aromatic rings. The molecule has 20 heteroatoms. The van der Waals surface area contributed by atoms with E-state index in [0.29, 0.717) is 37.2 Å². The van der Waals surface area contributed by atoms with Gasteiger partial charge in [-0.3, -0.25) is 0 Å². The summed E-state index contributed by atoms with van der Waals surface area (Å²) in [5.74, 6) is -0.625. The van der Waals surface area contributed by atoms with Crippen LogP contribution in [0.1, 0.15) is 93.6 Å². The van der Waals surface area contributed by atoms with E-state index in [2.05, 4.69) is 9.44 Å². The summed E-state index contributed by atoms with van der Waals surface area (Å²) < 4.78 is 121. The lowest BCUT2D eigenvalue weighted by molar-refractivity contribution is -0.157. The van der Waals surface area contributed by atoms with E-state index in [1.54, 1.807) is 51.1 Å². The normalized spacial score (nSPS) is 17.0. The molecule has 16 nitrogen and oxygen atoms in total. The highest BCUT2D eigenvalue weighted by atomic mass is 32.2. The maximum Gasteiger partial charge on any atom is 0.344 e. The van der Waals surface area contributed by atoms with E-state index in [1.807, 2.05) is 6.07 Å². The first-order chi connectivity index (χ1) is 29.8. The van der Waals surface area contributed by atoms with Gasteiger partial charge in [0, 0.05) is 24.6 Å². The van der Waals surface area contributed by atoms with Crippen LogP contribution < -0.4 is 18.9 Å². The summed E-state index contributed by atoms with van der Waals surface area (Å²) in [5.41, 5.74) is 2.53. The Morgan fingerprint density at radius 1 is 0.594 bits per heavy atom. The molecule has 0 bridgehead atoms. The van der Waals surface area contributed by atoms with Crippen LogP contribution in [0.15, 0.2) is 105 Å². The molecule has 2 unspecified atom stereocenters. The third-order valence-electron chi connectivity index (χ3n) is 10.2. The van der Waals surface area contributed by atoms with E-state index < -0.39 is 76.0 Å². The molecule has 0 aliphatic heterocycles. The van der Waals surface area contributed by atoms with E-state index >= 15 is 0 Å². The Morgan fingerprint density at radius 3 is 1.38 bits per heavy atom. The SMILES string of the molecule is CC(C)(C)OC(=O)COc1cccc2c1CCCCC2NS(=O)(=O)c1cccc(S(C)(=O)=O)c1.CS(=O)(=O)c1cccc(S(=O)(=O)NC2CCCCc3c(OCC(=O)O)cccc32)c1. The second kappa shape index (κ2) is 20.5. The third kappa shape index (κ3) is 13.8. The van der Waals surface area contributed by atoms with Gasteiger partial charge in [0.05, 0.1) is 19.6 Å². The molecule has 64 heavy (non-hydrogen) atoms. The van der Waals surface area contributed by atoms with E-state index in [9.17, 15) is 43.3 Å². The second-order valence-electron chi connectivity index (χ2n) is 16.5. The van der Waals surface area contributed by atoms with Crippen molar-refractivity contribution in [2.75, 3.05) is 25.7 Å². The third-order valence-corrected chi connectivity index (χ3v) is 15.4. The Bertz CT molecular complexity index is 2800. The number of nitrogens with one attached hydrogen (secondary N) is 2. The molecule has 0 spiro atoms. The van der Waals surface area contributed by atoms with Crippen LogP contribution in [0, 0.1) is 0 Å². The summed E-state index contributed by atoms with van der Waals surface area (Å²) in [4.78, 5) is 22.6. The predicted molar refractivity (Wildman–Crippen MR) is 238 cm³/mol. The maximum atomic E-state index is 13.1. The van der Waals surface area contributed by atoms with Crippen LogP contribution in [0.25, 0.3) is 0 Å². The number of aliphatic carboxylic acids is 1. The van der Waals surface area contributed by atoms with Gasteiger partial charge in [-0.15, -0.1) is 0 Å². The van der Waals surface area contributed by atoms with Gasteiger partial charge in [0.15, 0.2) is 32.9 Å². The Balaban J connectivity index is 0.000000243. The van der Waals surface area contributed by atoms with E-state index in [4.69, 9.17) is 19.3 Å². The Morgan fingerprint density at radius 2 is 0.984 bits per heavy atom. The standard InChI is InChI=1S/C24H31NO7S2.C20H23NO7S2/c1-24(2,3)32-23(26)16-31-22-14-8-12-19-20(22)11-5-6-13-21(19)25-34(29,30)18-10-7-9-17(15-18)33(4,27)28;1-29(24,25)14-6-4-7-15(12-14)30(26,27)21-18-10-3-2-8-17-16(18)9-5-11-19(17)28-13-20(22)23/h7-10,12,14-15,21,25H,5-6,11,13,16H2,1-4H3;4-7,9,11-12,18,21H,2-3,8,10,13H2,1H3,(H,22,23). The van der Waals surface area contributed by atoms with Gasteiger partial charge in [-0.25, -0.2) is 52.7 Å².